The summed E-state index contributed by atoms with van der Waals surface area (Å²) in [5.74, 6) is -1.20. The fraction of sp³-hybridized carbons (Fsp3) is 0.364. The number of para-hydroxylation sites is 1. The number of rotatable bonds is 8. The number of hydrogen-bond donors (Lipinski definition) is 3. The van der Waals surface area contributed by atoms with Crippen LogP contribution >= 0.6 is 0 Å². The molecule has 0 atom stereocenters. The zero-order chi connectivity index (χ0) is 22.3. The van der Waals surface area contributed by atoms with E-state index in [9.17, 15) is 22.4 Å². The van der Waals surface area contributed by atoms with Crippen LogP contribution in [0.2, 0.25) is 0 Å². The lowest BCUT2D eigenvalue weighted by molar-refractivity contribution is -0.116. The lowest BCUT2D eigenvalue weighted by Gasteiger charge is -2.23. The highest BCUT2D eigenvalue weighted by molar-refractivity contribution is 7.89. The van der Waals surface area contributed by atoms with Gasteiger partial charge >= 0.3 is 0 Å². The molecule has 166 valence electrons. The van der Waals surface area contributed by atoms with Crippen LogP contribution in [-0.2, 0) is 14.8 Å². The number of benzene rings is 2. The van der Waals surface area contributed by atoms with Crippen LogP contribution < -0.4 is 15.4 Å². The molecule has 3 N–H and O–H groups in total. The van der Waals surface area contributed by atoms with Gasteiger partial charge in [-0.3, -0.25) is 9.59 Å². The van der Waals surface area contributed by atoms with E-state index in [0.717, 1.165) is 49.9 Å². The quantitative estimate of drug-likeness (QED) is 0.578. The van der Waals surface area contributed by atoms with Gasteiger partial charge in [0.25, 0.3) is 5.91 Å². The number of nitrogens with one attached hydrogen (secondary N) is 3. The summed E-state index contributed by atoms with van der Waals surface area (Å²) in [6.07, 6.45) is 5.15. The Hall–Kier alpha value is -2.78. The SMILES string of the molecule is O=C(CCNS(=O)(=O)c1ccc(F)cc1)Nc1ccccc1C(=O)NC1CCCCC1. The van der Waals surface area contributed by atoms with Crippen molar-refractivity contribution in [2.45, 2.75) is 49.5 Å². The maximum absolute atomic E-state index is 13.0. The van der Waals surface area contributed by atoms with Crippen molar-refractivity contribution in [3.05, 3.63) is 59.9 Å². The molecular weight excluding hydrogens is 421 g/mol. The van der Waals surface area contributed by atoms with Crippen molar-refractivity contribution in [2.24, 2.45) is 0 Å². The van der Waals surface area contributed by atoms with E-state index in [0.29, 0.717) is 11.3 Å². The van der Waals surface area contributed by atoms with Gasteiger partial charge in [0.2, 0.25) is 15.9 Å². The van der Waals surface area contributed by atoms with Crippen LogP contribution in [0.3, 0.4) is 0 Å². The molecule has 9 heteroatoms. The van der Waals surface area contributed by atoms with Crippen molar-refractivity contribution < 1.29 is 22.4 Å². The predicted octanol–water partition coefficient (Wildman–Crippen LogP) is 3.20. The van der Waals surface area contributed by atoms with E-state index < -0.39 is 21.7 Å². The minimum absolute atomic E-state index is 0.0842. The molecule has 1 fully saturated rings. The summed E-state index contributed by atoms with van der Waals surface area (Å²) in [4.78, 5) is 24.9. The van der Waals surface area contributed by atoms with E-state index in [2.05, 4.69) is 15.4 Å². The Morgan fingerprint density at radius 3 is 2.35 bits per heavy atom. The van der Waals surface area contributed by atoms with Gasteiger partial charge in [-0.25, -0.2) is 17.5 Å². The molecule has 1 aliphatic rings. The lowest BCUT2D eigenvalue weighted by Crippen LogP contribution is -2.36. The zero-order valence-corrected chi connectivity index (χ0v) is 17.9. The molecule has 0 bridgehead atoms. The van der Waals surface area contributed by atoms with Gasteiger partial charge in [-0.15, -0.1) is 0 Å². The Kier molecular flexibility index (Phi) is 7.75. The number of carbonyl (C=O) groups is 2. The third-order valence-electron chi connectivity index (χ3n) is 5.15. The molecule has 1 aliphatic carbocycles. The molecule has 0 unspecified atom stereocenters. The Morgan fingerprint density at radius 1 is 0.968 bits per heavy atom. The van der Waals surface area contributed by atoms with Crippen LogP contribution in [0, 0.1) is 5.82 Å². The third kappa shape index (κ3) is 6.60. The van der Waals surface area contributed by atoms with Crippen molar-refractivity contribution in [1.82, 2.24) is 10.0 Å². The highest BCUT2D eigenvalue weighted by Crippen LogP contribution is 2.20. The Morgan fingerprint density at radius 2 is 1.65 bits per heavy atom. The summed E-state index contributed by atoms with van der Waals surface area (Å²) < 4.78 is 39.7. The van der Waals surface area contributed by atoms with Gasteiger partial charge in [0.1, 0.15) is 5.82 Å². The molecule has 2 amide bonds. The molecule has 2 aromatic rings. The normalized spacial score (nSPS) is 14.7. The second-order valence-electron chi connectivity index (χ2n) is 7.50. The minimum Gasteiger partial charge on any atom is -0.349 e. The first-order valence-electron chi connectivity index (χ1n) is 10.3. The molecule has 0 saturated heterocycles. The van der Waals surface area contributed by atoms with Gasteiger partial charge in [0.15, 0.2) is 0 Å². The second-order valence-corrected chi connectivity index (χ2v) is 9.27. The summed E-state index contributed by atoms with van der Waals surface area (Å²) in [6.45, 7) is -0.137. The number of anilines is 1. The van der Waals surface area contributed by atoms with Crippen LogP contribution in [0.5, 0.6) is 0 Å². The lowest BCUT2D eigenvalue weighted by atomic mass is 9.95. The van der Waals surface area contributed by atoms with Gasteiger partial charge in [0.05, 0.1) is 16.1 Å². The third-order valence-corrected chi connectivity index (χ3v) is 6.63. The van der Waals surface area contributed by atoms with Crippen molar-refractivity contribution in [1.29, 1.82) is 0 Å². The fourth-order valence-corrected chi connectivity index (χ4v) is 4.54. The molecule has 1 saturated carbocycles. The molecule has 0 radical (unpaired) electrons. The van der Waals surface area contributed by atoms with Gasteiger partial charge < -0.3 is 10.6 Å². The first kappa shape index (κ1) is 22.9. The smallest absolute Gasteiger partial charge is 0.253 e. The Labute approximate surface area is 181 Å². The van der Waals surface area contributed by atoms with E-state index >= 15 is 0 Å². The average molecular weight is 448 g/mol. The number of amides is 2. The molecule has 0 aliphatic heterocycles. The van der Waals surface area contributed by atoms with Crippen LogP contribution in [0.25, 0.3) is 0 Å². The van der Waals surface area contributed by atoms with Gasteiger partial charge in [-0.1, -0.05) is 31.4 Å². The van der Waals surface area contributed by atoms with E-state index in [4.69, 9.17) is 0 Å². The zero-order valence-electron chi connectivity index (χ0n) is 17.1. The Balaban J connectivity index is 1.54. The number of hydrogen-bond acceptors (Lipinski definition) is 4. The maximum atomic E-state index is 13.0. The first-order chi connectivity index (χ1) is 14.8. The molecule has 3 rings (SSSR count). The van der Waals surface area contributed by atoms with Crippen molar-refractivity contribution in [2.75, 3.05) is 11.9 Å². The second kappa shape index (κ2) is 10.5. The van der Waals surface area contributed by atoms with E-state index in [1.165, 1.54) is 6.42 Å². The van der Waals surface area contributed by atoms with Crippen LogP contribution in [0.1, 0.15) is 48.9 Å². The maximum Gasteiger partial charge on any atom is 0.253 e. The van der Waals surface area contributed by atoms with Gasteiger partial charge in [-0.2, -0.15) is 0 Å². The molecule has 0 spiro atoms. The topological polar surface area (TPSA) is 104 Å². The molecule has 7 nitrogen and oxygen atoms in total. The standard InChI is InChI=1S/C22H26FN3O4S/c23-16-10-12-18(13-11-16)31(29,30)24-15-14-21(27)26-20-9-5-4-8-19(20)22(28)25-17-6-2-1-3-7-17/h4-5,8-13,17,24H,1-3,6-7,14-15H2,(H,25,28)(H,26,27). The van der Waals surface area contributed by atoms with E-state index in [1.54, 1.807) is 24.3 Å². The minimum atomic E-state index is -3.84. The summed E-state index contributed by atoms with van der Waals surface area (Å²) >= 11 is 0. The van der Waals surface area contributed by atoms with E-state index in [1.807, 2.05) is 0 Å². The highest BCUT2D eigenvalue weighted by Gasteiger charge is 2.19. The van der Waals surface area contributed by atoms with Crippen LogP contribution in [0.15, 0.2) is 53.4 Å². The highest BCUT2D eigenvalue weighted by atomic mass is 32.2. The summed E-state index contributed by atoms with van der Waals surface area (Å²) in [7, 11) is -3.84. The van der Waals surface area contributed by atoms with Crippen molar-refractivity contribution in [3.8, 4) is 0 Å². The predicted molar refractivity (Wildman–Crippen MR) is 116 cm³/mol. The van der Waals surface area contributed by atoms with Crippen molar-refractivity contribution >= 4 is 27.5 Å². The van der Waals surface area contributed by atoms with Gasteiger partial charge in [-0.05, 0) is 49.2 Å². The van der Waals surface area contributed by atoms with Crippen LogP contribution in [-0.4, -0.2) is 32.8 Å². The van der Waals surface area contributed by atoms with E-state index in [-0.39, 0.29) is 29.8 Å². The first-order valence-corrected chi connectivity index (χ1v) is 11.8. The molecule has 0 heterocycles. The fourth-order valence-electron chi connectivity index (χ4n) is 3.51. The van der Waals surface area contributed by atoms with Crippen LogP contribution in [0.4, 0.5) is 10.1 Å². The summed E-state index contributed by atoms with van der Waals surface area (Å²) in [5, 5.41) is 5.70. The largest absolute Gasteiger partial charge is 0.349 e. The summed E-state index contributed by atoms with van der Waals surface area (Å²) in [6, 6.07) is 11.3. The van der Waals surface area contributed by atoms with Crippen molar-refractivity contribution in [3.63, 3.8) is 0 Å². The monoisotopic (exact) mass is 447 g/mol. The average Bonchev–Trinajstić information content (AvgIpc) is 2.75. The number of sulfonamides is 1. The molecule has 2 aromatic carbocycles. The molecular formula is C22H26FN3O4S. The molecule has 0 aromatic heterocycles. The Bertz CT molecular complexity index is 1020. The van der Waals surface area contributed by atoms with Gasteiger partial charge in [0, 0.05) is 19.0 Å². The number of halogens is 1. The summed E-state index contributed by atoms with van der Waals surface area (Å²) in [5.41, 5.74) is 0.746. The molecule has 31 heavy (non-hydrogen) atoms. The number of carbonyl (C=O) groups excluding carboxylic acids is 2.